The summed E-state index contributed by atoms with van der Waals surface area (Å²) in [6.07, 6.45) is 3.31. The summed E-state index contributed by atoms with van der Waals surface area (Å²) in [5.74, 6) is -1.74. The van der Waals surface area contributed by atoms with Gasteiger partial charge >= 0.3 is 16.3 Å². The van der Waals surface area contributed by atoms with Crippen LogP contribution in [-0.4, -0.2) is 65.7 Å². The number of β-lactam (4-membered cyclic amide) rings is 1. The summed E-state index contributed by atoms with van der Waals surface area (Å²) in [6, 6.07) is 1.52. The molecule has 1 aromatic heterocycles. The Labute approximate surface area is 143 Å². The molecule has 2 atom stereocenters. The highest BCUT2D eigenvalue weighted by molar-refractivity contribution is 7.84. The summed E-state index contributed by atoms with van der Waals surface area (Å²) >= 11 is 0. The molecule has 25 heavy (non-hydrogen) atoms. The number of carbonyl (C=O) groups is 3. The predicted octanol–water partition coefficient (Wildman–Crippen LogP) is -1.62. The smallest absolute Gasteiger partial charge is 0.362 e. The Morgan fingerprint density at radius 1 is 1.44 bits per heavy atom. The molecule has 2 aliphatic heterocycles. The Bertz CT molecular complexity index is 854. The number of ether oxygens (including phenoxy) is 1. The number of esters is 1. The van der Waals surface area contributed by atoms with Crippen molar-refractivity contribution in [3.8, 4) is 0 Å². The highest BCUT2D eigenvalue weighted by atomic mass is 32.2. The van der Waals surface area contributed by atoms with E-state index in [-0.39, 0.29) is 31.0 Å². The van der Waals surface area contributed by atoms with Gasteiger partial charge in [0.2, 0.25) is 6.54 Å². The molecule has 0 spiro atoms. The van der Waals surface area contributed by atoms with Crippen LogP contribution in [-0.2, 0) is 31.2 Å². The van der Waals surface area contributed by atoms with Gasteiger partial charge in [-0.2, -0.15) is 13.0 Å². The van der Waals surface area contributed by atoms with Gasteiger partial charge in [-0.25, -0.2) is 9.10 Å². The van der Waals surface area contributed by atoms with Gasteiger partial charge in [0.25, 0.3) is 11.8 Å². The molecular formula is C14H16N3O7S+. The molecule has 10 nitrogen and oxygen atoms in total. The van der Waals surface area contributed by atoms with E-state index in [9.17, 15) is 22.8 Å². The van der Waals surface area contributed by atoms with Crippen LogP contribution in [0.5, 0.6) is 0 Å². The van der Waals surface area contributed by atoms with Crippen LogP contribution in [0.15, 0.2) is 24.5 Å². The van der Waals surface area contributed by atoms with Crippen LogP contribution in [0.1, 0.15) is 16.8 Å². The van der Waals surface area contributed by atoms with Gasteiger partial charge in [0.1, 0.15) is 11.6 Å². The van der Waals surface area contributed by atoms with Crippen molar-refractivity contribution in [2.24, 2.45) is 0 Å². The summed E-state index contributed by atoms with van der Waals surface area (Å²) in [7, 11) is -3.36. The lowest BCUT2D eigenvalue weighted by Crippen LogP contribution is -2.68. The SMILES string of the molecule is COC(=O)c1ccc[n+](CC(=O)N2CC[C@@H]3[C@H]2C(=O)N3S(=O)(=O)O)c1. The molecule has 0 radical (unpaired) electrons. The first kappa shape index (κ1) is 17.3. The fourth-order valence-electron chi connectivity index (χ4n) is 3.20. The zero-order valence-corrected chi connectivity index (χ0v) is 14.0. The minimum Gasteiger partial charge on any atom is -0.465 e. The molecule has 0 aliphatic carbocycles. The quantitative estimate of drug-likeness (QED) is 0.292. The predicted molar refractivity (Wildman–Crippen MR) is 80.3 cm³/mol. The second-order valence-electron chi connectivity index (χ2n) is 5.76. The van der Waals surface area contributed by atoms with Crippen molar-refractivity contribution in [3.63, 3.8) is 0 Å². The summed E-state index contributed by atoms with van der Waals surface area (Å²) in [5.41, 5.74) is 0.273. The van der Waals surface area contributed by atoms with Crippen LogP contribution in [0.4, 0.5) is 0 Å². The molecule has 0 bridgehead atoms. The number of fused-ring (bicyclic) bond motifs is 1. The molecule has 2 amide bonds. The maximum Gasteiger partial charge on any atom is 0.362 e. The molecule has 1 aromatic rings. The first-order valence-electron chi connectivity index (χ1n) is 7.41. The van der Waals surface area contributed by atoms with E-state index in [1.165, 1.54) is 28.8 Å². The molecule has 2 saturated heterocycles. The molecule has 3 rings (SSSR count). The van der Waals surface area contributed by atoms with E-state index in [1.807, 2.05) is 0 Å². The molecule has 0 unspecified atom stereocenters. The van der Waals surface area contributed by atoms with Crippen molar-refractivity contribution < 1.29 is 36.7 Å². The average molecular weight is 370 g/mol. The largest absolute Gasteiger partial charge is 0.465 e. The van der Waals surface area contributed by atoms with E-state index in [0.29, 0.717) is 4.31 Å². The van der Waals surface area contributed by atoms with Crippen LogP contribution >= 0.6 is 0 Å². The number of nitrogens with zero attached hydrogens (tertiary/aromatic N) is 3. The van der Waals surface area contributed by atoms with Crippen molar-refractivity contribution in [1.82, 2.24) is 9.21 Å². The lowest BCUT2D eigenvalue weighted by molar-refractivity contribution is -0.685. The Morgan fingerprint density at radius 2 is 2.16 bits per heavy atom. The summed E-state index contributed by atoms with van der Waals surface area (Å²) in [6.45, 7) is 0.0936. The number of rotatable bonds is 4. The Hall–Kier alpha value is -2.53. The van der Waals surface area contributed by atoms with Gasteiger partial charge in [-0.3, -0.25) is 14.1 Å². The van der Waals surface area contributed by atoms with Gasteiger partial charge in [0, 0.05) is 12.6 Å². The maximum atomic E-state index is 12.5. The monoisotopic (exact) mass is 370 g/mol. The van der Waals surface area contributed by atoms with E-state index in [0.717, 1.165) is 0 Å². The standard InChI is InChI=1S/C14H15N3O7S/c1-24-14(20)9-3-2-5-15(7-9)8-11(18)16-6-4-10-12(16)13(19)17(10)25(21,22)23/h2-3,5,7,10,12H,4,6,8H2,1H3/p+1/t10-,12+/m1/s1. The third-order valence-electron chi connectivity index (χ3n) is 4.30. The van der Waals surface area contributed by atoms with Crippen LogP contribution in [0.2, 0.25) is 0 Å². The molecule has 11 heteroatoms. The lowest BCUT2D eigenvalue weighted by Gasteiger charge is -2.42. The first-order valence-corrected chi connectivity index (χ1v) is 8.81. The third kappa shape index (κ3) is 2.96. The van der Waals surface area contributed by atoms with Crippen LogP contribution in [0, 0.1) is 0 Å². The van der Waals surface area contributed by atoms with Crippen molar-refractivity contribution in [2.45, 2.75) is 25.0 Å². The number of methoxy groups -OCH3 is 1. The van der Waals surface area contributed by atoms with Crippen LogP contribution in [0.3, 0.4) is 0 Å². The van der Waals surface area contributed by atoms with E-state index < -0.39 is 34.3 Å². The van der Waals surface area contributed by atoms with Gasteiger partial charge in [0.05, 0.1) is 13.2 Å². The molecule has 0 aromatic carbocycles. The minimum absolute atomic E-state index is 0.118. The number of amides is 2. The summed E-state index contributed by atoms with van der Waals surface area (Å²) in [4.78, 5) is 37.2. The molecule has 134 valence electrons. The zero-order chi connectivity index (χ0) is 18.4. The van der Waals surface area contributed by atoms with Crippen LogP contribution in [0.25, 0.3) is 0 Å². The van der Waals surface area contributed by atoms with Crippen LogP contribution < -0.4 is 4.57 Å². The number of hydrogen-bond acceptors (Lipinski definition) is 6. The lowest BCUT2D eigenvalue weighted by atomic mass is 10.0. The average Bonchev–Trinajstić information content (AvgIpc) is 2.91. The van der Waals surface area contributed by atoms with E-state index in [1.54, 1.807) is 12.3 Å². The molecule has 2 fully saturated rings. The third-order valence-corrected chi connectivity index (χ3v) is 5.25. The fraction of sp³-hybridized carbons (Fsp3) is 0.429. The minimum atomic E-state index is -4.61. The van der Waals surface area contributed by atoms with Crippen molar-refractivity contribution in [1.29, 1.82) is 0 Å². The van der Waals surface area contributed by atoms with E-state index >= 15 is 0 Å². The normalized spacial score (nSPS) is 22.4. The van der Waals surface area contributed by atoms with Crippen molar-refractivity contribution >= 4 is 28.1 Å². The molecular weight excluding hydrogens is 354 g/mol. The van der Waals surface area contributed by atoms with Gasteiger partial charge in [0.15, 0.2) is 12.4 Å². The second kappa shape index (κ2) is 6.08. The topological polar surface area (TPSA) is 125 Å². The highest BCUT2D eigenvalue weighted by Gasteiger charge is 2.60. The fourth-order valence-corrected chi connectivity index (χ4v) is 4.10. The van der Waals surface area contributed by atoms with Gasteiger partial charge < -0.3 is 9.64 Å². The highest BCUT2D eigenvalue weighted by Crippen LogP contribution is 2.35. The van der Waals surface area contributed by atoms with Gasteiger partial charge in [-0.15, -0.1) is 0 Å². The van der Waals surface area contributed by atoms with Crippen molar-refractivity contribution in [3.05, 3.63) is 30.1 Å². The molecule has 3 heterocycles. The second-order valence-corrected chi connectivity index (χ2v) is 7.05. The number of likely N-dealkylation sites (tertiary alicyclic amines) is 1. The number of hydrogen-bond donors (Lipinski definition) is 1. The molecule has 2 aliphatic rings. The van der Waals surface area contributed by atoms with Gasteiger partial charge in [-0.1, -0.05) is 0 Å². The Balaban J connectivity index is 1.72. The Morgan fingerprint density at radius 3 is 2.80 bits per heavy atom. The van der Waals surface area contributed by atoms with E-state index in [4.69, 9.17) is 4.55 Å². The summed E-state index contributed by atoms with van der Waals surface area (Å²) < 4.78 is 37.9. The van der Waals surface area contributed by atoms with Crippen molar-refractivity contribution in [2.75, 3.05) is 13.7 Å². The zero-order valence-electron chi connectivity index (χ0n) is 13.2. The Kier molecular flexibility index (Phi) is 4.21. The van der Waals surface area contributed by atoms with E-state index in [2.05, 4.69) is 4.74 Å². The van der Waals surface area contributed by atoms with Gasteiger partial charge in [-0.05, 0) is 12.5 Å². The molecule has 1 N–H and O–H groups in total. The number of carbonyl (C=O) groups excluding carboxylic acids is 3. The maximum absolute atomic E-state index is 12.5. The molecule has 0 saturated carbocycles. The number of aromatic nitrogens is 1. The summed E-state index contributed by atoms with van der Waals surface area (Å²) in [5, 5.41) is 0. The first-order chi connectivity index (χ1) is 11.7. The number of pyridine rings is 1.